The molecular weight excluding hydrogens is 418 g/mol. The number of thiophene rings is 1. The lowest BCUT2D eigenvalue weighted by atomic mass is 10.1. The van der Waals surface area contributed by atoms with Crippen LogP contribution in [0.1, 0.15) is 49.8 Å². The van der Waals surface area contributed by atoms with Gasteiger partial charge in [0.2, 0.25) is 0 Å². The molecule has 156 valence electrons. The molecule has 0 aliphatic carbocycles. The quantitative estimate of drug-likeness (QED) is 0.659. The fourth-order valence-electron chi connectivity index (χ4n) is 2.47. The zero-order chi connectivity index (χ0) is 21.8. The second-order valence-corrected chi connectivity index (χ2v) is 8.99. The van der Waals surface area contributed by atoms with Crippen LogP contribution in [0.5, 0.6) is 0 Å². The highest BCUT2D eigenvalue weighted by Crippen LogP contribution is 2.34. The van der Waals surface area contributed by atoms with Crippen molar-refractivity contribution in [1.82, 2.24) is 0 Å². The van der Waals surface area contributed by atoms with Crippen molar-refractivity contribution in [3.8, 4) is 0 Å². The van der Waals surface area contributed by atoms with E-state index >= 15 is 0 Å². The zero-order valence-corrected chi connectivity index (χ0v) is 18.0. The van der Waals surface area contributed by atoms with Gasteiger partial charge in [0.1, 0.15) is 9.88 Å². The van der Waals surface area contributed by atoms with Gasteiger partial charge >= 0.3 is 11.9 Å². The number of nitrogens with one attached hydrogen (secondary N) is 1. The van der Waals surface area contributed by atoms with Crippen LogP contribution in [0, 0.1) is 6.92 Å². The molecule has 1 heterocycles. The summed E-state index contributed by atoms with van der Waals surface area (Å²) in [5.74, 6) is -1.83. The maximum absolute atomic E-state index is 12.6. The van der Waals surface area contributed by atoms with Crippen molar-refractivity contribution in [3.05, 3.63) is 45.8 Å². The molecule has 0 saturated carbocycles. The second-order valence-electron chi connectivity index (χ2n) is 5.95. The summed E-state index contributed by atoms with van der Waals surface area (Å²) in [6.07, 6.45) is 1.07. The first-order chi connectivity index (χ1) is 13.6. The van der Waals surface area contributed by atoms with E-state index in [-0.39, 0.29) is 39.1 Å². The molecule has 0 spiro atoms. The highest BCUT2D eigenvalue weighted by molar-refractivity contribution is 7.90. The van der Waals surface area contributed by atoms with Crippen LogP contribution >= 0.6 is 11.3 Å². The fourth-order valence-corrected chi connectivity index (χ4v) is 4.18. The van der Waals surface area contributed by atoms with E-state index in [1.165, 1.54) is 24.3 Å². The topological polar surface area (TPSA) is 116 Å². The lowest BCUT2D eigenvalue weighted by molar-refractivity contribution is 0.0527. The lowest BCUT2D eigenvalue weighted by Gasteiger charge is -2.07. The van der Waals surface area contributed by atoms with Crippen LogP contribution in [0.15, 0.2) is 29.2 Å². The van der Waals surface area contributed by atoms with E-state index < -0.39 is 27.7 Å². The molecule has 0 fully saturated rings. The highest BCUT2D eigenvalue weighted by Gasteiger charge is 2.27. The van der Waals surface area contributed by atoms with Gasteiger partial charge in [-0.2, -0.15) is 0 Å². The van der Waals surface area contributed by atoms with Crippen molar-refractivity contribution in [1.29, 1.82) is 0 Å². The Balaban J connectivity index is 2.39. The summed E-state index contributed by atoms with van der Waals surface area (Å²) in [5.41, 5.74) is 0.631. The number of benzene rings is 1. The summed E-state index contributed by atoms with van der Waals surface area (Å²) in [4.78, 5) is 37.4. The van der Waals surface area contributed by atoms with E-state index in [2.05, 4.69) is 5.32 Å². The van der Waals surface area contributed by atoms with Crippen LogP contribution in [0.25, 0.3) is 0 Å². The summed E-state index contributed by atoms with van der Waals surface area (Å²) in [5, 5.41) is 2.76. The molecule has 0 saturated heterocycles. The van der Waals surface area contributed by atoms with Crippen LogP contribution in [-0.4, -0.2) is 45.7 Å². The Hall–Kier alpha value is -2.72. The number of anilines is 1. The molecule has 1 aromatic heterocycles. The van der Waals surface area contributed by atoms with Gasteiger partial charge in [0, 0.05) is 11.8 Å². The molecule has 0 unspecified atom stereocenters. The van der Waals surface area contributed by atoms with E-state index in [0.717, 1.165) is 17.6 Å². The van der Waals surface area contributed by atoms with E-state index in [9.17, 15) is 22.8 Å². The van der Waals surface area contributed by atoms with Crippen molar-refractivity contribution >= 4 is 44.0 Å². The van der Waals surface area contributed by atoms with E-state index in [0.29, 0.717) is 5.56 Å². The maximum Gasteiger partial charge on any atom is 0.348 e. The molecule has 1 amide bonds. The minimum atomic E-state index is -3.39. The van der Waals surface area contributed by atoms with Gasteiger partial charge in [-0.25, -0.2) is 18.0 Å². The molecule has 2 aromatic rings. The summed E-state index contributed by atoms with van der Waals surface area (Å²) < 4.78 is 33.1. The van der Waals surface area contributed by atoms with Gasteiger partial charge in [-0.15, -0.1) is 11.3 Å². The smallest absolute Gasteiger partial charge is 0.348 e. The minimum Gasteiger partial charge on any atom is -0.462 e. The molecule has 0 bridgehead atoms. The Morgan fingerprint density at radius 3 is 2.07 bits per heavy atom. The van der Waals surface area contributed by atoms with Crippen molar-refractivity contribution in [2.75, 3.05) is 24.8 Å². The number of ether oxygens (including phenoxy) is 2. The minimum absolute atomic E-state index is 0.0813. The Morgan fingerprint density at radius 1 is 1.00 bits per heavy atom. The number of rotatable bonds is 7. The average molecular weight is 440 g/mol. The third kappa shape index (κ3) is 5.21. The second kappa shape index (κ2) is 9.19. The summed E-state index contributed by atoms with van der Waals surface area (Å²) >= 11 is 0.916. The van der Waals surface area contributed by atoms with Gasteiger partial charge in [-0.1, -0.05) is 0 Å². The average Bonchev–Trinajstić information content (AvgIpc) is 2.97. The normalized spacial score (nSPS) is 11.0. The SMILES string of the molecule is CCOC(=O)c1sc(NC(=O)c2ccc(S(C)(=O)=O)cc2)c(C(=O)OCC)c1C. The molecule has 1 aromatic carbocycles. The number of amides is 1. The van der Waals surface area contributed by atoms with E-state index in [1.54, 1.807) is 20.8 Å². The Morgan fingerprint density at radius 2 is 1.55 bits per heavy atom. The van der Waals surface area contributed by atoms with Crippen LogP contribution in [0.2, 0.25) is 0 Å². The van der Waals surface area contributed by atoms with Gasteiger partial charge in [0.05, 0.1) is 23.7 Å². The van der Waals surface area contributed by atoms with Crippen molar-refractivity contribution in [2.45, 2.75) is 25.7 Å². The number of esters is 2. The molecule has 8 nitrogen and oxygen atoms in total. The van der Waals surface area contributed by atoms with Crippen molar-refractivity contribution < 1.29 is 32.3 Å². The number of hydrogen-bond acceptors (Lipinski definition) is 8. The third-order valence-corrected chi connectivity index (χ3v) is 6.17. The van der Waals surface area contributed by atoms with Crippen molar-refractivity contribution in [3.63, 3.8) is 0 Å². The Labute approximate surface area is 172 Å². The van der Waals surface area contributed by atoms with Crippen LogP contribution < -0.4 is 5.32 Å². The molecular formula is C19H21NO7S2. The van der Waals surface area contributed by atoms with Crippen LogP contribution in [0.3, 0.4) is 0 Å². The van der Waals surface area contributed by atoms with Crippen molar-refractivity contribution in [2.24, 2.45) is 0 Å². The first kappa shape index (κ1) is 22.6. The Kier molecular flexibility index (Phi) is 7.15. The summed E-state index contributed by atoms with van der Waals surface area (Å²) in [6, 6.07) is 5.37. The molecule has 1 N–H and O–H groups in total. The van der Waals surface area contributed by atoms with Gasteiger partial charge in [-0.3, -0.25) is 4.79 Å². The highest BCUT2D eigenvalue weighted by atomic mass is 32.2. The van der Waals surface area contributed by atoms with Gasteiger partial charge in [0.15, 0.2) is 9.84 Å². The number of carbonyl (C=O) groups excluding carboxylic acids is 3. The van der Waals surface area contributed by atoms with Gasteiger partial charge < -0.3 is 14.8 Å². The van der Waals surface area contributed by atoms with Gasteiger partial charge in [0.25, 0.3) is 5.91 Å². The monoisotopic (exact) mass is 439 g/mol. The number of sulfone groups is 1. The van der Waals surface area contributed by atoms with Crippen LogP contribution in [-0.2, 0) is 19.3 Å². The predicted molar refractivity (Wildman–Crippen MR) is 108 cm³/mol. The number of hydrogen-bond donors (Lipinski definition) is 1. The third-order valence-electron chi connectivity index (χ3n) is 3.86. The molecule has 0 aliphatic rings. The lowest BCUT2D eigenvalue weighted by Crippen LogP contribution is -2.15. The van der Waals surface area contributed by atoms with Crippen LogP contribution in [0.4, 0.5) is 5.00 Å². The Bertz CT molecular complexity index is 1040. The largest absolute Gasteiger partial charge is 0.462 e. The maximum atomic E-state index is 12.6. The molecule has 0 radical (unpaired) electrons. The van der Waals surface area contributed by atoms with Gasteiger partial charge in [-0.05, 0) is 50.6 Å². The number of carbonyl (C=O) groups is 3. The molecule has 29 heavy (non-hydrogen) atoms. The summed E-state index contributed by atoms with van der Waals surface area (Å²) in [6.45, 7) is 5.18. The molecule has 2 rings (SSSR count). The molecule has 0 atom stereocenters. The standard InChI is InChI=1S/C19H21NO7S2/c1-5-26-18(22)14-11(3)15(19(23)27-6-2)28-17(14)20-16(21)12-7-9-13(10-8-12)29(4,24)25/h7-10H,5-6H2,1-4H3,(H,20,21). The van der Waals surface area contributed by atoms with E-state index in [4.69, 9.17) is 9.47 Å². The predicted octanol–water partition coefficient (Wildman–Crippen LogP) is 3.07. The molecule has 0 aliphatic heterocycles. The fraction of sp³-hybridized carbons (Fsp3) is 0.316. The van der Waals surface area contributed by atoms with E-state index in [1.807, 2.05) is 0 Å². The molecule has 10 heteroatoms. The first-order valence-electron chi connectivity index (χ1n) is 8.69. The summed E-state index contributed by atoms with van der Waals surface area (Å²) in [7, 11) is -3.39. The zero-order valence-electron chi connectivity index (χ0n) is 16.4. The first-order valence-corrected chi connectivity index (χ1v) is 11.4.